The van der Waals surface area contributed by atoms with Crippen LogP contribution in [0, 0.1) is 6.92 Å². The molecule has 0 aliphatic rings. The van der Waals surface area contributed by atoms with E-state index in [1.807, 2.05) is 23.6 Å². The van der Waals surface area contributed by atoms with Crippen molar-refractivity contribution in [3.8, 4) is 10.7 Å². The average molecular weight is 299 g/mol. The first-order valence-corrected chi connectivity index (χ1v) is 7.31. The van der Waals surface area contributed by atoms with E-state index in [0.717, 1.165) is 16.4 Å². The highest BCUT2D eigenvalue weighted by atomic mass is 32.1. The van der Waals surface area contributed by atoms with Crippen LogP contribution in [0.15, 0.2) is 46.3 Å². The second-order valence-electron chi connectivity index (χ2n) is 4.45. The van der Waals surface area contributed by atoms with E-state index < -0.39 is 0 Å². The van der Waals surface area contributed by atoms with E-state index in [1.54, 1.807) is 25.3 Å². The maximum absolute atomic E-state index is 11.9. The molecule has 0 radical (unpaired) electrons. The molecule has 106 valence electrons. The Bertz CT molecular complexity index is 749. The van der Waals surface area contributed by atoms with Crippen molar-refractivity contribution in [1.29, 1.82) is 0 Å². The van der Waals surface area contributed by atoms with Crippen LogP contribution in [0.1, 0.15) is 22.0 Å². The number of aromatic nitrogens is 2. The van der Waals surface area contributed by atoms with Crippen molar-refractivity contribution in [1.82, 2.24) is 15.3 Å². The SMILES string of the molecule is Cc1ccc(C(=O)NCc2csc(-c3ccccn3)n2)o1. The number of nitrogens with one attached hydrogen (secondary N) is 1. The molecule has 3 rings (SSSR count). The largest absolute Gasteiger partial charge is 0.456 e. The number of furan rings is 1. The molecule has 6 heteroatoms. The molecule has 0 saturated carbocycles. The summed E-state index contributed by atoms with van der Waals surface area (Å²) in [6.07, 6.45) is 1.73. The van der Waals surface area contributed by atoms with E-state index in [0.29, 0.717) is 18.1 Å². The van der Waals surface area contributed by atoms with E-state index in [-0.39, 0.29) is 5.91 Å². The second-order valence-corrected chi connectivity index (χ2v) is 5.31. The molecule has 0 spiro atoms. The number of thiazole rings is 1. The Labute approximate surface area is 125 Å². The molecule has 0 aliphatic carbocycles. The third-order valence-corrected chi connectivity index (χ3v) is 3.74. The summed E-state index contributed by atoms with van der Waals surface area (Å²) in [5.41, 5.74) is 1.64. The van der Waals surface area contributed by atoms with Crippen LogP contribution < -0.4 is 5.32 Å². The average Bonchev–Trinajstić information content (AvgIpc) is 3.15. The first-order chi connectivity index (χ1) is 10.2. The third-order valence-electron chi connectivity index (χ3n) is 2.83. The zero-order chi connectivity index (χ0) is 14.7. The molecular formula is C15H13N3O2S. The van der Waals surface area contributed by atoms with Gasteiger partial charge in [-0.25, -0.2) is 4.98 Å². The molecule has 3 aromatic rings. The number of carbonyl (C=O) groups excluding carboxylic acids is 1. The number of pyridine rings is 1. The molecule has 0 unspecified atom stereocenters. The zero-order valence-corrected chi connectivity index (χ0v) is 12.2. The Morgan fingerprint density at radius 1 is 1.33 bits per heavy atom. The van der Waals surface area contributed by atoms with Crippen molar-refractivity contribution in [2.45, 2.75) is 13.5 Å². The summed E-state index contributed by atoms with van der Waals surface area (Å²) in [5, 5.41) is 5.54. The lowest BCUT2D eigenvalue weighted by molar-refractivity contribution is 0.0921. The predicted molar refractivity (Wildman–Crippen MR) is 80.0 cm³/mol. The van der Waals surface area contributed by atoms with Crippen molar-refractivity contribution < 1.29 is 9.21 Å². The van der Waals surface area contributed by atoms with E-state index in [9.17, 15) is 4.79 Å². The van der Waals surface area contributed by atoms with Crippen LogP contribution in [0.2, 0.25) is 0 Å². The fraction of sp³-hybridized carbons (Fsp3) is 0.133. The minimum absolute atomic E-state index is 0.240. The van der Waals surface area contributed by atoms with Gasteiger partial charge in [0.25, 0.3) is 5.91 Å². The van der Waals surface area contributed by atoms with Gasteiger partial charge in [0.15, 0.2) is 5.76 Å². The minimum atomic E-state index is -0.240. The van der Waals surface area contributed by atoms with Gasteiger partial charge in [-0.15, -0.1) is 11.3 Å². The lowest BCUT2D eigenvalue weighted by Crippen LogP contribution is -2.22. The van der Waals surface area contributed by atoms with Crippen LogP contribution >= 0.6 is 11.3 Å². The number of nitrogens with zero attached hydrogens (tertiary/aromatic N) is 2. The lowest BCUT2D eigenvalue weighted by atomic mass is 10.3. The van der Waals surface area contributed by atoms with Crippen molar-refractivity contribution in [3.05, 3.63) is 59.1 Å². The van der Waals surface area contributed by atoms with Gasteiger partial charge in [-0.1, -0.05) is 6.07 Å². The highest BCUT2D eigenvalue weighted by Gasteiger charge is 2.11. The lowest BCUT2D eigenvalue weighted by Gasteiger charge is -2.00. The Kier molecular flexibility index (Phi) is 3.79. The molecule has 0 fully saturated rings. The summed E-state index contributed by atoms with van der Waals surface area (Å²) < 4.78 is 5.27. The Morgan fingerprint density at radius 2 is 2.24 bits per heavy atom. The summed E-state index contributed by atoms with van der Waals surface area (Å²) in [7, 11) is 0. The fourth-order valence-corrected chi connectivity index (χ4v) is 2.60. The molecular weight excluding hydrogens is 286 g/mol. The highest BCUT2D eigenvalue weighted by molar-refractivity contribution is 7.13. The predicted octanol–water partition coefficient (Wildman–Crippen LogP) is 3.04. The molecule has 0 atom stereocenters. The smallest absolute Gasteiger partial charge is 0.287 e. The molecule has 0 bridgehead atoms. The number of rotatable bonds is 4. The second kappa shape index (κ2) is 5.88. The number of aryl methyl sites for hydroxylation is 1. The van der Waals surface area contributed by atoms with Gasteiger partial charge in [0.2, 0.25) is 0 Å². The van der Waals surface area contributed by atoms with Crippen LogP contribution in [0.5, 0.6) is 0 Å². The molecule has 0 saturated heterocycles. The molecule has 3 aromatic heterocycles. The summed E-state index contributed by atoms with van der Waals surface area (Å²) in [6, 6.07) is 9.11. The van der Waals surface area contributed by atoms with Crippen LogP contribution in [0.25, 0.3) is 10.7 Å². The molecule has 5 nitrogen and oxygen atoms in total. The quantitative estimate of drug-likeness (QED) is 0.804. The molecule has 3 heterocycles. The maximum atomic E-state index is 11.9. The van der Waals surface area contributed by atoms with Gasteiger partial charge < -0.3 is 9.73 Å². The van der Waals surface area contributed by atoms with E-state index >= 15 is 0 Å². The summed E-state index contributed by atoms with van der Waals surface area (Å²) in [4.78, 5) is 20.6. The summed E-state index contributed by atoms with van der Waals surface area (Å²) in [5.74, 6) is 0.786. The molecule has 1 amide bonds. The van der Waals surface area contributed by atoms with Gasteiger partial charge in [-0.2, -0.15) is 0 Å². The molecule has 0 aromatic carbocycles. The van der Waals surface area contributed by atoms with Crippen molar-refractivity contribution >= 4 is 17.2 Å². The fourth-order valence-electron chi connectivity index (χ4n) is 1.81. The first kappa shape index (κ1) is 13.5. The van der Waals surface area contributed by atoms with Gasteiger partial charge >= 0.3 is 0 Å². The number of amides is 1. The van der Waals surface area contributed by atoms with Gasteiger partial charge in [0, 0.05) is 11.6 Å². The standard InChI is InChI=1S/C15H13N3O2S/c1-10-5-6-13(20-10)14(19)17-8-11-9-21-15(18-11)12-4-2-3-7-16-12/h2-7,9H,8H2,1H3,(H,17,19). The molecule has 21 heavy (non-hydrogen) atoms. The maximum Gasteiger partial charge on any atom is 0.287 e. The van der Waals surface area contributed by atoms with Gasteiger partial charge in [0.05, 0.1) is 17.9 Å². The highest BCUT2D eigenvalue weighted by Crippen LogP contribution is 2.21. The van der Waals surface area contributed by atoms with E-state index in [2.05, 4.69) is 15.3 Å². The van der Waals surface area contributed by atoms with E-state index in [4.69, 9.17) is 4.42 Å². The third kappa shape index (κ3) is 3.17. The Hall–Kier alpha value is -2.47. The Morgan fingerprint density at radius 3 is 2.95 bits per heavy atom. The number of carbonyl (C=O) groups is 1. The van der Waals surface area contributed by atoms with Crippen molar-refractivity contribution in [2.75, 3.05) is 0 Å². The van der Waals surface area contributed by atoms with Crippen LogP contribution in [0.3, 0.4) is 0 Å². The number of hydrogen-bond donors (Lipinski definition) is 1. The van der Waals surface area contributed by atoms with Gasteiger partial charge in [0.1, 0.15) is 10.8 Å². The first-order valence-electron chi connectivity index (χ1n) is 6.43. The Balaban J connectivity index is 1.64. The normalized spacial score (nSPS) is 10.5. The zero-order valence-electron chi connectivity index (χ0n) is 11.4. The summed E-state index contributed by atoms with van der Waals surface area (Å²) >= 11 is 1.51. The van der Waals surface area contributed by atoms with Crippen LogP contribution in [-0.4, -0.2) is 15.9 Å². The minimum Gasteiger partial charge on any atom is -0.456 e. The van der Waals surface area contributed by atoms with E-state index in [1.165, 1.54) is 11.3 Å². The van der Waals surface area contributed by atoms with Crippen LogP contribution in [0.4, 0.5) is 0 Å². The summed E-state index contributed by atoms with van der Waals surface area (Å²) in [6.45, 7) is 2.16. The van der Waals surface area contributed by atoms with Crippen molar-refractivity contribution in [3.63, 3.8) is 0 Å². The number of hydrogen-bond acceptors (Lipinski definition) is 5. The monoisotopic (exact) mass is 299 g/mol. The van der Waals surface area contributed by atoms with Gasteiger partial charge in [-0.3, -0.25) is 9.78 Å². The van der Waals surface area contributed by atoms with Gasteiger partial charge in [-0.05, 0) is 31.2 Å². The van der Waals surface area contributed by atoms with Crippen molar-refractivity contribution in [2.24, 2.45) is 0 Å². The van der Waals surface area contributed by atoms with Crippen LogP contribution in [-0.2, 0) is 6.54 Å². The topological polar surface area (TPSA) is 68.0 Å². The molecule has 1 N–H and O–H groups in total. The molecule has 0 aliphatic heterocycles.